The Morgan fingerprint density at radius 3 is 2.48 bits per heavy atom. The summed E-state index contributed by atoms with van der Waals surface area (Å²) in [4.78, 5) is 14.2. The normalized spacial score (nSPS) is 15.6. The van der Waals surface area contributed by atoms with Crippen molar-refractivity contribution < 1.29 is 18.7 Å². The number of carbonyl (C=O) groups excluding carboxylic acids is 1. The van der Waals surface area contributed by atoms with Crippen molar-refractivity contribution in [1.82, 2.24) is 0 Å². The summed E-state index contributed by atoms with van der Waals surface area (Å²) < 4.78 is 19.5. The highest BCUT2D eigenvalue weighted by Crippen LogP contribution is 2.39. The van der Waals surface area contributed by atoms with Crippen LogP contribution in [0.5, 0.6) is 0 Å². The second kappa shape index (κ2) is 6.51. The van der Waals surface area contributed by atoms with Crippen molar-refractivity contribution in [2.75, 3.05) is 11.4 Å². The van der Waals surface area contributed by atoms with Crippen molar-refractivity contribution in [3.8, 4) is 0 Å². The number of halogens is 1. The Balaban J connectivity index is 1.98. The van der Waals surface area contributed by atoms with E-state index in [0.29, 0.717) is 24.3 Å². The summed E-state index contributed by atoms with van der Waals surface area (Å²) in [5.41, 5.74) is 1.66. The van der Waals surface area contributed by atoms with Crippen LogP contribution >= 0.6 is 0 Å². The number of fused-ring (bicyclic) bond motifs is 1. The Morgan fingerprint density at radius 2 is 1.89 bits per heavy atom. The average Bonchev–Trinajstić information content (AvgIpc) is 2.80. The Hall–Kier alpha value is -2.63. The number of hydrogen-bond acceptors (Lipinski definition) is 3. The van der Waals surface area contributed by atoms with Gasteiger partial charge in [0.25, 0.3) is 0 Å². The number of anilines is 1. The lowest BCUT2D eigenvalue weighted by molar-refractivity contribution is -0.616. The molecule has 1 aliphatic heterocycles. The maximum Gasteiger partial charge on any atom is 0.415 e. The number of benzene rings is 1. The molecular formula is C21H25FN2O3. The van der Waals surface area contributed by atoms with Crippen LogP contribution in [-0.2, 0) is 16.6 Å². The molecular weight excluding hydrogens is 347 g/mol. The predicted octanol–water partition coefficient (Wildman–Crippen LogP) is 4.08. The average molecular weight is 372 g/mol. The van der Waals surface area contributed by atoms with E-state index in [4.69, 9.17) is 4.74 Å². The molecule has 0 N–H and O–H groups in total. The molecule has 0 aliphatic carbocycles. The van der Waals surface area contributed by atoms with Gasteiger partial charge in [-0.3, -0.25) is 4.90 Å². The molecule has 2 aromatic rings. The molecule has 0 bridgehead atoms. The van der Waals surface area contributed by atoms with Crippen molar-refractivity contribution >= 4 is 11.8 Å². The molecule has 3 rings (SSSR count). The third-order valence-electron chi connectivity index (χ3n) is 4.49. The lowest BCUT2D eigenvalue weighted by atomic mass is 9.91. The number of aromatic nitrogens is 1. The summed E-state index contributed by atoms with van der Waals surface area (Å²) in [6, 6.07) is 8.01. The molecule has 0 fully saturated rings. The van der Waals surface area contributed by atoms with Crippen LogP contribution < -0.4 is 9.63 Å². The van der Waals surface area contributed by atoms with Crippen LogP contribution in [0.2, 0.25) is 0 Å². The maximum absolute atomic E-state index is 13.1. The summed E-state index contributed by atoms with van der Waals surface area (Å²) >= 11 is 0. The molecule has 1 aliphatic rings. The molecule has 5 nitrogen and oxygen atoms in total. The summed E-state index contributed by atoms with van der Waals surface area (Å²) in [5.74, 6) is -0.301. The van der Waals surface area contributed by atoms with Gasteiger partial charge in [-0.15, -0.1) is 0 Å². The molecule has 0 spiro atoms. The van der Waals surface area contributed by atoms with Crippen molar-refractivity contribution in [3.05, 3.63) is 64.4 Å². The first-order valence-electron chi connectivity index (χ1n) is 8.98. The Bertz CT molecular complexity index is 870. The third-order valence-corrected chi connectivity index (χ3v) is 4.49. The highest BCUT2D eigenvalue weighted by Gasteiger charge is 2.46. The van der Waals surface area contributed by atoms with Gasteiger partial charge in [-0.2, -0.15) is 4.73 Å². The number of rotatable bonds is 2. The third kappa shape index (κ3) is 4.04. The second-order valence-corrected chi connectivity index (χ2v) is 8.66. The molecule has 1 aromatic heterocycles. The topological polar surface area (TPSA) is 56.5 Å². The summed E-state index contributed by atoms with van der Waals surface area (Å²) in [6.07, 6.45) is 1.54. The van der Waals surface area contributed by atoms with Gasteiger partial charge in [-0.05, 0) is 58.4 Å². The van der Waals surface area contributed by atoms with Gasteiger partial charge >= 0.3 is 6.09 Å². The van der Waals surface area contributed by atoms with Crippen LogP contribution in [0.3, 0.4) is 0 Å². The largest absolute Gasteiger partial charge is 0.618 e. The van der Waals surface area contributed by atoms with Crippen LogP contribution in [0, 0.1) is 11.0 Å². The van der Waals surface area contributed by atoms with Gasteiger partial charge in [-0.25, -0.2) is 9.18 Å². The van der Waals surface area contributed by atoms with Crippen LogP contribution in [0.25, 0.3) is 0 Å². The second-order valence-electron chi connectivity index (χ2n) is 8.66. The fraction of sp³-hybridized carbons (Fsp3) is 0.429. The van der Waals surface area contributed by atoms with Gasteiger partial charge < -0.3 is 9.94 Å². The highest BCUT2D eigenvalue weighted by atomic mass is 19.1. The van der Waals surface area contributed by atoms with E-state index >= 15 is 0 Å². The SMILES string of the molecule is CC(C)(C)OC(=O)N1CC(C)(C)c2c1cc(Cc1ccc(F)cc1)c[n+]2[O-]. The molecule has 6 heteroatoms. The van der Waals surface area contributed by atoms with E-state index < -0.39 is 17.1 Å². The van der Waals surface area contributed by atoms with Gasteiger partial charge in [-0.1, -0.05) is 12.1 Å². The Labute approximate surface area is 159 Å². The van der Waals surface area contributed by atoms with Crippen molar-refractivity contribution in [2.45, 2.75) is 52.1 Å². The Morgan fingerprint density at radius 1 is 1.26 bits per heavy atom. The lowest BCUT2D eigenvalue weighted by Crippen LogP contribution is -2.40. The zero-order chi connectivity index (χ0) is 20.0. The van der Waals surface area contributed by atoms with Crippen LogP contribution in [0.4, 0.5) is 14.9 Å². The lowest BCUT2D eigenvalue weighted by Gasteiger charge is -2.25. The molecule has 27 heavy (non-hydrogen) atoms. The van der Waals surface area contributed by atoms with E-state index in [9.17, 15) is 14.4 Å². The van der Waals surface area contributed by atoms with E-state index in [0.717, 1.165) is 15.9 Å². The van der Waals surface area contributed by atoms with E-state index in [-0.39, 0.29) is 5.82 Å². The number of amides is 1. The molecule has 2 heterocycles. The van der Waals surface area contributed by atoms with Crippen LogP contribution in [0.1, 0.15) is 51.4 Å². The van der Waals surface area contributed by atoms with E-state index in [1.807, 2.05) is 40.7 Å². The monoisotopic (exact) mass is 372 g/mol. The number of hydrogen-bond donors (Lipinski definition) is 0. The summed E-state index contributed by atoms with van der Waals surface area (Å²) in [6.45, 7) is 9.68. The quantitative estimate of drug-likeness (QED) is 0.589. The number of pyridine rings is 1. The van der Waals surface area contributed by atoms with Crippen molar-refractivity contribution in [3.63, 3.8) is 0 Å². The standard InChI is InChI=1S/C21H25FN2O3/c1-20(2,3)27-19(25)23-13-21(4,5)18-17(23)11-15(12-24(18)26)10-14-6-8-16(22)9-7-14/h6-9,11-12H,10,13H2,1-5H3. The first-order valence-corrected chi connectivity index (χ1v) is 8.98. The summed E-state index contributed by atoms with van der Waals surface area (Å²) in [5, 5.41) is 12.7. The Kier molecular flexibility index (Phi) is 4.62. The van der Waals surface area contributed by atoms with Gasteiger partial charge in [0.2, 0.25) is 5.69 Å². The fourth-order valence-corrected chi connectivity index (χ4v) is 3.43. The molecule has 0 radical (unpaired) electrons. The van der Waals surface area contributed by atoms with Crippen molar-refractivity contribution in [1.29, 1.82) is 0 Å². The number of carbonyl (C=O) groups is 1. The van der Waals surface area contributed by atoms with Gasteiger partial charge in [0.15, 0.2) is 6.20 Å². The van der Waals surface area contributed by atoms with Gasteiger partial charge in [0, 0.05) is 18.5 Å². The van der Waals surface area contributed by atoms with E-state index in [1.165, 1.54) is 23.2 Å². The first kappa shape index (κ1) is 19.1. The maximum atomic E-state index is 13.1. The molecule has 0 saturated heterocycles. The molecule has 0 atom stereocenters. The van der Waals surface area contributed by atoms with Gasteiger partial charge in [0.1, 0.15) is 17.1 Å². The van der Waals surface area contributed by atoms with E-state index in [2.05, 4.69) is 0 Å². The molecule has 0 unspecified atom stereocenters. The molecule has 0 saturated carbocycles. The minimum Gasteiger partial charge on any atom is -0.618 e. The zero-order valence-electron chi connectivity index (χ0n) is 16.4. The molecule has 144 valence electrons. The minimum atomic E-state index is -0.622. The smallest absolute Gasteiger partial charge is 0.415 e. The number of nitrogens with zero attached hydrogens (tertiary/aromatic N) is 2. The van der Waals surface area contributed by atoms with E-state index in [1.54, 1.807) is 12.1 Å². The fourth-order valence-electron chi connectivity index (χ4n) is 3.43. The van der Waals surface area contributed by atoms with Gasteiger partial charge in [0.05, 0.1) is 5.41 Å². The number of ether oxygens (including phenoxy) is 1. The highest BCUT2D eigenvalue weighted by molar-refractivity contribution is 5.90. The van der Waals surface area contributed by atoms with Crippen LogP contribution in [0.15, 0.2) is 36.5 Å². The minimum absolute atomic E-state index is 0.301. The first-order chi connectivity index (χ1) is 12.5. The zero-order valence-corrected chi connectivity index (χ0v) is 16.4. The molecule has 1 amide bonds. The predicted molar refractivity (Wildman–Crippen MR) is 101 cm³/mol. The summed E-state index contributed by atoms with van der Waals surface area (Å²) in [7, 11) is 0. The van der Waals surface area contributed by atoms with Crippen molar-refractivity contribution in [2.24, 2.45) is 0 Å². The molecule has 1 aromatic carbocycles. The van der Waals surface area contributed by atoms with Crippen LogP contribution in [-0.4, -0.2) is 18.2 Å².